The molecule has 0 N–H and O–H groups in total. The van der Waals surface area contributed by atoms with Gasteiger partial charge in [0.15, 0.2) is 6.10 Å². The summed E-state index contributed by atoms with van der Waals surface area (Å²) in [6.07, 6.45) is 48.2. The van der Waals surface area contributed by atoms with Gasteiger partial charge in [0, 0.05) is 12.8 Å². The zero-order chi connectivity index (χ0) is 42.8. The van der Waals surface area contributed by atoms with Crippen molar-refractivity contribution in [3.8, 4) is 0 Å². The van der Waals surface area contributed by atoms with E-state index in [4.69, 9.17) is 18.5 Å². The molecule has 0 aromatic heterocycles. The highest BCUT2D eigenvalue weighted by Gasteiger charge is 2.21. The molecule has 0 aromatic carbocycles. The molecule has 0 aromatic rings. The fourth-order valence-electron chi connectivity index (χ4n) is 5.88. The van der Waals surface area contributed by atoms with Crippen LogP contribution in [0.4, 0.5) is 0 Å². The molecule has 2 atom stereocenters. The number of esters is 2. The lowest BCUT2D eigenvalue weighted by atomic mass is 10.1. The lowest BCUT2D eigenvalue weighted by Gasteiger charge is -2.28. The van der Waals surface area contributed by atoms with E-state index in [9.17, 15) is 19.0 Å². The summed E-state index contributed by atoms with van der Waals surface area (Å²) in [6, 6.07) is 0. The third-order valence-corrected chi connectivity index (χ3v) is 10.5. The highest BCUT2D eigenvalue weighted by atomic mass is 31.2. The van der Waals surface area contributed by atoms with Crippen molar-refractivity contribution < 1.29 is 42.1 Å². The molecular formula is C48H86NO8P. The van der Waals surface area contributed by atoms with E-state index in [2.05, 4.69) is 68.5 Å². The highest BCUT2D eigenvalue weighted by molar-refractivity contribution is 7.45. The zero-order valence-electron chi connectivity index (χ0n) is 37.7. The summed E-state index contributed by atoms with van der Waals surface area (Å²) in [5.74, 6) is -0.907. The number of phosphoric acid groups is 1. The summed E-state index contributed by atoms with van der Waals surface area (Å²) in [6.45, 7) is 4.12. The number of hydrogen-bond donors (Lipinski definition) is 0. The van der Waals surface area contributed by atoms with Gasteiger partial charge in [0.1, 0.15) is 19.8 Å². The first-order valence-corrected chi connectivity index (χ1v) is 24.5. The topological polar surface area (TPSA) is 111 Å². The maximum atomic E-state index is 12.7. The van der Waals surface area contributed by atoms with E-state index in [1.54, 1.807) is 0 Å². The molecule has 0 aliphatic carbocycles. The molecule has 0 amide bonds. The molecule has 0 bridgehead atoms. The van der Waals surface area contributed by atoms with Crippen LogP contribution in [0.2, 0.25) is 0 Å². The van der Waals surface area contributed by atoms with E-state index in [-0.39, 0.29) is 26.1 Å². The Morgan fingerprint density at radius 3 is 1.47 bits per heavy atom. The van der Waals surface area contributed by atoms with E-state index in [0.29, 0.717) is 30.3 Å². The molecule has 0 rings (SSSR count). The van der Waals surface area contributed by atoms with Gasteiger partial charge in [-0.2, -0.15) is 0 Å². The number of unbranched alkanes of at least 4 members (excludes halogenated alkanes) is 17. The zero-order valence-corrected chi connectivity index (χ0v) is 38.6. The predicted octanol–water partition coefficient (Wildman–Crippen LogP) is 12.6. The van der Waals surface area contributed by atoms with Gasteiger partial charge in [-0.15, -0.1) is 0 Å². The SMILES string of the molecule is CCCCC/C=C/C/C=C/CCCCCCCCCC(=O)OC[C@H](COP(=O)([O-])OCC[N+](C)(C)C)OC(=O)CCC/C=C/C/C=C/C/C=C/CCCCCCCC. The van der Waals surface area contributed by atoms with E-state index in [0.717, 1.165) is 51.4 Å². The molecule has 336 valence electrons. The van der Waals surface area contributed by atoms with Crippen LogP contribution in [0, 0.1) is 0 Å². The van der Waals surface area contributed by atoms with Crippen LogP contribution in [-0.4, -0.2) is 70.0 Å². The minimum absolute atomic E-state index is 0.0436. The quantitative estimate of drug-likeness (QED) is 0.0197. The minimum Gasteiger partial charge on any atom is -0.756 e. The fourth-order valence-corrected chi connectivity index (χ4v) is 6.60. The number of hydrogen-bond acceptors (Lipinski definition) is 8. The second-order valence-electron chi connectivity index (χ2n) is 16.4. The van der Waals surface area contributed by atoms with Gasteiger partial charge in [-0.05, 0) is 77.0 Å². The summed E-state index contributed by atoms with van der Waals surface area (Å²) in [5.41, 5.74) is 0. The summed E-state index contributed by atoms with van der Waals surface area (Å²) in [7, 11) is 1.12. The number of phosphoric ester groups is 1. The Morgan fingerprint density at radius 2 is 0.948 bits per heavy atom. The predicted molar refractivity (Wildman–Crippen MR) is 240 cm³/mol. The minimum atomic E-state index is -4.64. The number of likely N-dealkylation sites (N-methyl/N-ethyl adjacent to an activating group) is 1. The molecule has 10 heteroatoms. The Morgan fingerprint density at radius 1 is 0.534 bits per heavy atom. The van der Waals surface area contributed by atoms with Crippen LogP contribution in [0.5, 0.6) is 0 Å². The Kier molecular flexibility index (Phi) is 38.5. The number of ether oxygens (including phenoxy) is 2. The third kappa shape index (κ3) is 43.3. The third-order valence-electron chi connectivity index (χ3n) is 9.51. The van der Waals surface area contributed by atoms with Crippen LogP contribution in [-0.2, 0) is 32.7 Å². The average Bonchev–Trinajstić information content (AvgIpc) is 3.17. The highest BCUT2D eigenvalue weighted by Crippen LogP contribution is 2.38. The normalized spacial score (nSPS) is 14.1. The Bertz CT molecular complexity index is 1170. The molecule has 0 radical (unpaired) electrons. The summed E-state index contributed by atoms with van der Waals surface area (Å²) < 4.78 is 33.9. The van der Waals surface area contributed by atoms with Gasteiger partial charge >= 0.3 is 11.9 Å². The number of rotatable bonds is 41. The maximum Gasteiger partial charge on any atom is 0.306 e. The first kappa shape index (κ1) is 55.7. The summed E-state index contributed by atoms with van der Waals surface area (Å²) in [5, 5.41) is 0. The summed E-state index contributed by atoms with van der Waals surface area (Å²) in [4.78, 5) is 37.6. The number of carbonyl (C=O) groups is 2. The lowest BCUT2D eigenvalue weighted by molar-refractivity contribution is -0.870. The number of nitrogens with zero attached hydrogens (tertiary/aromatic N) is 1. The number of quaternary nitrogens is 1. The van der Waals surface area contributed by atoms with Crippen LogP contribution < -0.4 is 4.89 Å². The monoisotopic (exact) mass is 836 g/mol. The Labute approximate surface area is 356 Å². The summed E-state index contributed by atoms with van der Waals surface area (Å²) >= 11 is 0. The van der Waals surface area contributed by atoms with E-state index >= 15 is 0 Å². The van der Waals surface area contributed by atoms with Crippen LogP contribution >= 0.6 is 7.82 Å². The molecule has 0 aliphatic rings. The smallest absolute Gasteiger partial charge is 0.306 e. The average molecular weight is 836 g/mol. The molecule has 58 heavy (non-hydrogen) atoms. The molecular weight excluding hydrogens is 750 g/mol. The first-order chi connectivity index (χ1) is 28.0. The van der Waals surface area contributed by atoms with Crippen molar-refractivity contribution in [1.29, 1.82) is 0 Å². The van der Waals surface area contributed by atoms with Gasteiger partial charge < -0.3 is 27.9 Å². The van der Waals surface area contributed by atoms with Crippen LogP contribution in [0.15, 0.2) is 60.8 Å². The van der Waals surface area contributed by atoms with Crippen molar-refractivity contribution in [2.24, 2.45) is 0 Å². The maximum absolute atomic E-state index is 12.7. The van der Waals surface area contributed by atoms with E-state index < -0.39 is 32.5 Å². The Balaban J connectivity index is 4.44. The van der Waals surface area contributed by atoms with Gasteiger partial charge in [0.05, 0.1) is 27.7 Å². The number of allylic oxidation sites excluding steroid dienone is 10. The fraction of sp³-hybridized carbons (Fsp3) is 0.750. The van der Waals surface area contributed by atoms with E-state index in [1.807, 2.05) is 27.2 Å². The molecule has 0 heterocycles. The van der Waals surface area contributed by atoms with Gasteiger partial charge in [-0.25, -0.2) is 0 Å². The molecule has 0 fully saturated rings. The Hall–Kier alpha value is -2.29. The van der Waals surface area contributed by atoms with Crippen molar-refractivity contribution in [3.63, 3.8) is 0 Å². The molecule has 0 saturated carbocycles. The second kappa shape index (κ2) is 40.1. The second-order valence-corrected chi connectivity index (χ2v) is 17.8. The molecule has 0 aliphatic heterocycles. The van der Waals surface area contributed by atoms with Gasteiger partial charge in [-0.1, -0.05) is 152 Å². The van der Waals surface area contributed by atoms with Gasteiger partial charge in [0.25, 0.3) is 7.82 Å². The standard InChI is InChI=1S/C48H86NO8P/c1-6-8-10-12-14-16-18-20-22-24-26-28-30-32-34-36-38-40-47(50)54-44-46(45-56-58(52,53)55-43-42-49(3,4)5)57-48(51)41-39-37-35-33-31-29-27-25-23-21-19-17-15-13-11-9-7-2/h14,16,20-23,27,29,33,35,46H,6-13,15,17-19,24-26,28,30-32,34,36-45H2,1-5H3/b16-14+,22-20+,23-21+,29-27+,35-33+/t46-/m1/s1. The van der Waals surface area contributed by atoms with E-state index in [1.165, 1.54) is 83.5 Å². The van der Waals surface area contributed by atoms with Crippen molar-refractivity contribution >= 4 is 19.8 Å². The van der Waals surface area contributed by atoms with Crippen molar-refractivity contribution in [2.75, 3.05) is 47.5 Å². The molecule has 9 nitrogen and oxygen atoms in total. The van der Waals surface area contributed by atoms with Crippen molar-refractivity contribution in [1.82, 2.24) is 0 Å². The van der Waals surface area contributed by atoms with Gasteiger partial charge in [-0.3, -0.25) is 14.2 Å². The van der Waals surface area contributed by atoms with Crippen LogP contribution in [0.25, 0.3) is 0 Å². The largest absolute Gasteiger partial charge is 0.756 e. The molecule has 0 saturated heterocycles. The molecule has 0 spiro atoms. The van der Waals surface area contributed by atoms with Crippen LogP contribution in [0.3, 0.4) is 0 Å². The lowest BCUT2D eigenvalue weighted by Crippen LogP contribution is -2.37. The number of carbonyl (C=O) groups excluding carboxylic acids is 2. The first-order valence-electron chi connectivity index (χ1n) is 23.0. The van der Waals surface area contributed by atoms with Crippen molar-refractivity contribution in [2.45, 2.75) is 187 Å². The molecule has 1 unspecified atom stereocenters. The van der Waals surface area contributed by atoms with Crippen molar-refractivity contribution in [3.05, 3.63) is 60.8 Å². The van der Waals surface area contributed by atoms with Gasteiger partial charge in [0.2, 0.25) is 0 Å². The van der Waals surface area contributed by atoms with Crippen LogP contribution in [0.1, 0.15) is 181 Å².